The average Bonchev–Trinajstić information content (AvgIpc) is 2.44. The van der Waals surface area contributed by atoms with Gasteiger partial charge in [0.05, 0.1) is 12.1 Å². The molecule has 2 heteroatoms. The third-order valence-electron chi connectivity index (χ3n) is 3.09. The van der Waals surface area contributed by atoms with E-state index in [-0.39, 0.29) is 12.1 Å². The fourth-order valence-corrected chi connectivity index (χ4v) is 2.46. The largest absolute Gasteiger partial charge is 0.391 e. The Morgan fingerprint density at radius 1 is 1.42 bits per heavy atom. The summed E-state index contributed by atoms with van der Waals surface area (Å²) in [6, 6.07) is 0.560. The van der Waals surface area contributed by atoms with E-state index in [9.17, 15) is 5.11 Å². The van der Waals surface area contributed by atoms with Gasteiger partial charge in [-0.25, -0.2) is 0 Å². The van der Waals surface area contributed by atoms with Gasteiger partial charge in [0, 0.05) is 12.5 Å². The van der Waals surface area contributed by atoms with Crippen molar-refractivity contribution in [3.05, 3.63) is 0 Å². The second-order valence-electron chi connectivity index (χ2n) is 3.79. The maximum absolute atomic E-state index is 9.69. The molecular weight excluding hydrogens is 150 g/mol. The maximum atomic E-state index is 9.69. The Bertz CT molecular complexity index is 208. The van der Waals surface area contributed by atoms with E-state index in [2.05, 4.69) is 10.8 Å². The Balaban J connectivity index is 2.12. The molecule has 0 aromatic rings. The smallest absolute Gasteiger partial charge is 0.0740 e. The van der Waals surface area contributed by atoms with E-state index in [0.717, 1.165) is 19.4 Å². The highest BCUT2D eigenvalue weighted by atomic mass is 16.3. The first-order valence-electron chi connectivity index (χ1n) is 4.73. The van der Waals surface area contributed by atoms with Crippen molar-refractivity contribution in [3.8, 4) is 12.3 Å². The summed E-state index contributed by atoms with van der Waals surface area (Å²) >= 11 is 0. The first-order valence-corrected chi connectivity index (χ1v) is 4.73. The molecule has 2 aliphatic heterocycles. The number of hydrogen-bond donors (Lipinski definition) is 1. The van der Waals surface area contributed by atoms with Crippen molar-refractivity contribution in [3.63, 3.8) is 0 Å². The van der Waals surface area contributed by atoms with Gasteiger partial charge < -0.3 is 5.11 Å². The van der Waals surface area contributed by atoms with Crippen LogP contribution in [-0.4, -0.2) is 34.7 Å². The predicted molar refractivity (Wildman–Crippen MR) is 47.6 cm³/mol. The monoisotopic (exact) mass is 165 g/mol. The summed E-state index contributed by atoms with van der Waals surface area (Å²) in [5.74, 6) is 2.76. The SMILES string of the molecule is C#C[C@@H]1C[C@@H](O)[C@H]2CCCCN12. The number of piperidine rings is 1. The third kappa shape index (κ3) is 1.14. The second-order valence-corrected chi connectivity index (χ2v) is 3.79. The molecule has 1 N–H and O–H groups in total. The zero-order valence-corrected chi connectivity index (χ0v) is 7.24. The standard InChI is InChI=1S/C10H15NO/c1-2-8-7-10(12)9-5-3-4-6-11(8)9/h1,8-10,12H,3-7H2/t8-,9-,10-/m1/s1. The molecular formula is C10H15NO. The van der Waals surface area contributed by atoms with Gasteiger partial charge in [-0.15, -0.1) is 6.42 Å². The molecule has 12 heavy (non-hydrogen) atoms. The van der Waals surface area contributed by atoms with Gasteiger partial charge in [0.1, 0.15) is 0 Å². The fourth-order valence-electron chi connectivity index (χ4n) is 2.46. The van der Waals surface area contributed by atoms with Crippen molar-refractivity contribution in [2.45, 2.75) is 43.9 Å². The Kier molecular flexibility index (Phi) is 2.08. The van der Waals surface area contributed by atoms with E-state index in [1.807, 2.05) is 0 Å². The third-order valence-corrected chi connectivity index (χ3v) is 3.09. The van der Waals surface area contributed by atoms with Crippen LogP contribution in [0.15, 0.2) is 0 Å². The second kappa shape index (κ2) is 3.08. The van der Waals surface area contributed by atoms with Gasteiger partial charge >= 0.3 is 0 Å². The molecule has 0 saturated carbocycles. The lowest BCUT2D eigenvalue weighted by Crippen LogP contribution is -2.41. The fraction of sp³-hybridized carbons (Fsp3) is 0.800. The normalized spacial score (nSPS) is 42.2. The summed E-state index contributed by atoms with van der Waals surface area (Å²) in [4.78, 5) is 2.30. The van der Waals surface area contributed by atoms with E-state index < -0.39 is 0 Å². The van der Waals surface area contributed by atoms with E-state index >= 15 is 0 Å². The molecule has 0 unspecified atom stereocenters. The summed E-state index contributed by atoms with van der Waals surface area (Å²) in [6.07, 6.45) is 9.61. The molecule has 2 rings (SSSR count). The Hall–Kier alpha value is -0.520. The summed E-state index contributed by atoms with van der Waals surface area (Å²) in [6.45, 7) is 1.08. The van der Waals surface area contributed by atoms with Crippen molar-refractivity contribution in [1.82, 2.24) is 4.90 Å². The average molecular weight is 165 g/mol. The maximum Gasteiger partial charge on any atom is 0.0740 e. The van der Waals surface area contributed by atoms with E-state index in [1.54, 1.807) is 0 Å². The predicted octanol–water partition coefficient (Wildman–Crippen LogP) is 0.607. The highest BCUT2D eigenvalue weighted by molar-refractivity contribution is 5.09. The Morgan fingerprint density at radius 2 is 2.25 bits per heavy atom. The van der Waals surface area contributed by atoms with Crippen molar-refractivity contribution in [2.24, 2.45) is 0 Å². The highest BCUT2D eigenvalue weighted by Crippen LogP contribution is 2.31. The quantitative estimate of drug-likeness (QED) is 0.531. The lowest BCUT2D eigenvalue weighted by Gasteiger charge is -2.32. The molecule has 0 amide bonds. The van der Waals surface area contributed by atoms with Gasteiger partial charge in [0.25, 0.3) is 0 Å². The van der Waals surface area contributed by atoms with Gasteiger partial charge in [0.15, 0.2) is 0 Å². The van der Waals surface area contributed by atoms with E-state index in [1.165, 1.54) is 12.8 Å². The Morgan fingerprint density at radius 3 is 3.00 bits per heavy atom. The van der Waals surface area contributed by atoms with Crippen LogP contribution in [0.1, 0.15) is 25.7 Å². The summed E-state index contributed by atoms with van der Waals surface area (Å²) in [5, 5.41) is 9.69. The molecule has 0 aromatic heterocycles. The number of nitrogens with zero attached hydrogens (tertiary/aromatic N) is 1. The van der Waals surface area contributed by atoms with Gasteiger partial charge in [0.2, 0.25) is 0 Å². The minimum Gasteiger partial charge on any atom is -0.391 e. The van der Waals surface area contributed by atoms with Crippen molar-refractivity contribution < 1.29 is 5.11 Å². The minimum atomic E-state index is -0.175. The summed E-state index contributed by atoms with van der Waals surface area (Å²) in [7, 11) is 0. The summed E-state index contributed by atoms with van der Waals surface area (Å²) < 4.78 is 0. The number of terminal acetylenes is 1. The van der Waals surface area contributed by atoms with Gasteiger partial charge in [-0.2, -0.15) is 0 Å². The van der Waals surface area contributed by atoms with Crippen LogP contribution in [0.5, 0.6) is 0 Å². The van der Waals surface area contributed by atoms with Crippen LogP contribution < -0.4 is 0 Å². The molecule has 66 valence electrons. The topological polar surface area (TPSA) is 23.5 Å². The van der Waals surface area contributed by atoms with Crippen LogP contribution in [-0.2, 0) is 0 Å². The molecule has 0 spiro atoms. The van der Waals surface area contributed by atoms with Gasteiger partial charge in [-0.3, -0.25) is 4.90 Å². The Labute approximate surface area is 73.6 Å². The lowest BCUT2D eigenvalue weighted by atomic mass is 10.0. The van der Waals surface area contributed by atoms with Crippen molar-refractivity contribution in [2.75, 3.05) is 6.54 Å². The van der Waals surface area contributed by atoms with Crippen LogP contribution >= 0.6 is 0 Å². The van der Waals surface area contributed by atoms with E-state index in [0.29, 0.717) is 6.04 Å². The number of aliphatic hydroxyl groups excluding tert-OH is 1. The van der Waals surface area contributed by atoms with Crippen LogP contribution in [0.2, 0.25) is 0 Å². The molecule has 0 aliphatic carbocycles. The first kappa shape index (κ1) is 8.10. The van der Waals surface area contributed by atoms with Crippen molar-refractivity contribution in [1.29, 1.82) is 0 Å². The number of aliphatic hydroxyl groups is 1. The van der Waals surface area contributed by atoms with Crippen molar-refractivity contribution >= 4 is 0 Å². The zero-order chi connectivity index (χ0) is 8.55. The summed E-state index contributed by atoms with van der Waals surface area (Å²) in [5.41, 5.74) is 0. The molecule has 2 saturated heterocycles. The lowest BCUT2D eigenvalue weighted by molar-refractivity contribution is 0.0870. The minimum absolute atomic E-state index is 0.175. The highest BCUT2D eigenvalue weighted by Gasteiger charge is 2.40. The zero-order valence-electron chi connectivity index (χ0n) is 7.24. The molecule has 0 bridgehead atoms. The number of rotatable bonds is 0. The number of hydrogen-bond acceptors (Lipinski definition) is 2. The molecule has 2 fully saturated rings. The first-order chi connectivity index (χ1) is 5.83. The molecule has 2 heterocycles. The van der Waals surface area contributed by atoms with Gasteiger partial charge in [-0.05, 0) is 19.4 Å². The molecule has 2 aliphatic rings. The van der Waals surface area contributed by atoms with Crippen LogP contribution in [0, 0.1) is 12.3 Å². The van der Waals surface area contributed by atoms with Gasteiger partial charge in [-0.1, -0.05) is 12.3 Å². The van der Waals surface area contributed by atoms with Crippen LogP contribution in [0.3, 0.4) is 0 Å². The number of fused-ring (bicyclic) bond motifs is 1. The molecule has 0 radical (unpaired) electrons. The molecule has 0 aromatic carbocycles. The van der Waals surface area contributed by atoms with E-state index in [4.69, 9.17) is 6.42 Å². The molecule has 2 nitrogen and oxygen atoms in total. The molecule has 3 atom stereocenters. The van der Waals surface area contributed by atoms with Crippen LogP contribution in [0.4, 0.5) is 0 Å². The van der Waals surface area contributed by atoms with Crippen LogP contribution in [0.25, 0.3) is 0 Å².